The van der Waals surface area contributed by atoms with Crippen molar-refractivity contribution in [3.63, 3.8) is 0 Å². The molecule has 2 aromatic carbocycles. The number of likely N-dealkylation sites (N-methyl/N-ethyl adjacent to an activating group) is 1. The lowest BCUT2D eigenvalue weighted by atomic mass is 10.3. The molecular formula is C16H18Cl2N2S. The number of halogens is 2. The van der Waals surface area contributed by atoms with Gasteiger partial charge in [0, 0.05) is 38.6 Å². The summed E-state index contributed by atoms with van der Waals surface area (Å²) in [6, 6.07) is 13.8. The first-order valence-corrected chi connectivity index (χ1v) is 8.23. The van der Waals surface area contributed by atoms with Crippen molar-refractivity contribution in [2.45, 2.75) is 9.79 Å². The zero-order valence-corrected chi connectivity index (χ0v) is 14.4. The molecule has 2 nitrogen and oxygen atoms in total. The fourth-order valence-electron chi connectivity index (χ4n) is 1.77. The topological polar surface area (TPSA) is 15.3 Å². The van der Waals surface area contributed by atoms with Gasteiger partial charge < -0.3 is 10.2 Å². The molecule has 0 aliphatic rings. The van der Waals surface area contributed by atoms with Gasteiger partial charge in [0.2, 0.25) is 0 Å². The van der Waals surface area contributed by atoms with Crippen LogP contribution in [0.1, 0.15) is 0 Å². The number of nitrogens with one attached hydrogen (secondary N) is 1. The third-order valence-electron chi connectivity index (χ3n) is 2.86. The molecule has 21 heavy (non-hydrogen) atoms. The van der Waals surface area contributed by atoms with E-state index in [9.17, 15) is 0 Å². The fourth-order valence-corrected chi connectivity index (χ4v) is 2.97. The van der Waals surface area contributed by atoms with Crippen molar-refractivity contribution in [1.82, 2.24) is 4.90 Å². The van der Waals surface area contributed by atoms with E-state index < -0.39 is 0 Å². The van der Waals surface area contributed by atoms with Crippen LogP contribution >= 0.6 is 35.0 Å². The molecule has 0 amide bonds. The summed E-state index contributed by atoms with van der Waals surface area (Å²) in [5.41, 5.74) is 1.06. The average Bonchev–Trinajstić information content (AvgIpc) is 2.43. The molecule has 0 aromatic heterocycles. The zero-order valence-electron chi connectivity index (χ0n) is 12.1. The molecule has 0 heterocycles. The van der Waals surface area contributed by atoms with Crippen molar-refractivity contribution in [2.75, 3.05) is 32.5 Å². The second-order valence-electron chi connectivity index (χ2n) is 4.93. The Kier molecular flexibility index (Phi) is 6.24. The first-order valence-electron chi connectivity index (χ1n) is 6.66. The second-order valence-corrected chi connectivity index (χ2v) is 6.91. The molecule has 0 spiro atoms. The number of rotatable bonds is 6. The van der Waals surface area contributed by atoms with Crippen molar-refractivity contribution < 1.29 is 0 Å². The van der Waals surface area contributed by atoms with E-state index in [2.05, 4.69) is 24.3 Å². The summed E-state index contributed by atoms with van der Waals surface area (Å²) in [4.78, 5) is 4.45. The van der Waals surface area contributed by atoms with Crippen LogP contribution in [0, 0.1) is 0 Å². The van der Waals surface area contributed by atoms with E-state index in [0.29, 0.717) is 0 Å². The number of hydrogen-bond donors (Lipinski definition) is 1. The summed E-state index contributed by atoms with van der Waals surface area (Å²) < 4.78 is 0. The van der Waals surface area contributed by atoms with Gasteiger partial charge in [-0.2, -0.15) is 0 Å². The van der Waals surface area contributed by atoms with Crippen LogP contribution in [0.2, 0.25) is 10.0 Å². The maximum absolute atomic E-state index is 6.10. The highest BCUT2D eigenvalue weighted by atomic mass is 35.5. The number of hydrogen-bond acceptors (Lipinski definition) is 3. The largest absolute Gasteiger partial charge is 0.383 e. The maximum Gasteiger partial charge on any atom is 0.0497 e. The van der Waals surface area contributed by atoms with Gasteiger partial charge in [-0.15, -0.1) is 0 Å². The summed E-state index contributed by atoms with van der Waals surface area (Å²) in [5.74, 6) is 0. The predicted molar refractivity (Wildman–Crippen MR) is 94.1 cm³/mol. The number of benzene rings is 2. The number of anilines is 1. The summed E-state index contributed by atoms with van der Waals surface area (Å²) in [7, 11) is 4.12. The van der Waals surface area contributed by atoms with E-state index in [1.807, 2.05) is 42.5 Å². The van der Waals surface area contributed by atoms with Gasteiger partial charge >= 0.3 is 0 Å². The molecule has 0 bridgehead atoms. The normalized spacial score (nSPS) is 10.9. The van der Waals surface area contributed by atoms with Crippen molar-refractivity contribution in [3.8, 4) is 0 Å². The number of nitrogens with zero attached hydrogens (tertiary/aromatic N) is 1. The van der Waals surface area contributed by atoms with Gasteiger partial charge in [0.25, 0.3) is 0 Å². The maximum atomic E-state index is 6.10. The van der Waals surface area contributed by atoms with E-state index in [0.717, 1.165) is 38.6 Å². The molecule has 0 aliphatic carbocycles. The Morgan fingerprint density at radius 1 is 1.00 bits per heavy atom. The van der Waals surface area contributed by atoms with Gasteiger partial charge in [-0.25, -0.2) is 0 Å². The van der Waals surface area contributed by atoms with Crippen LogP contribution in [0.25, 0.3) is 0 Å². The highest BCUT2D eigenvalue weighted by molar-refractivity contribution is 7.99. The van der Waals surface area contributed by atoms with Crippen LogP contribution in [0.3, 0.4) is 0 Å². The highest BCUT2D eigenvalue weighted by Gasteiger charge is 2.06. The Labute approximate surface area is 140 Å². The lowest BCUT2D eigenvalue weighted by Gasteiger charge is -2.14. The Balaban J connectivity index is 2.12. The predicted octanol–water partition coefficient (Wildman–Crippen LogP) is 5.12. The van der Waals surface area contributed by atoms with Crippen molar-refractivity contribution in [3.05, 3.63) is 52.5 Å². The van der Waals surface area contributed by atoms with Crippen LogP contribution < -0.4 is 5.32 Å². The van der Waals surface area contributed by atoms with Crippen LogP contribution in [-0.4, -0.2) is 32.1 Å². The Morgan fingerprint density at radius 2 is 1.67 bits per heavy atom. The Morgan fingerprint density at radius 3 is 2.33 bits per heavy atom. The third kappa shape index (κ3) is 5.44. The lowest BCUT2D eigenvalue weighted by Crippen LogP contribution is -2.20. The summed E-state index contributed by atoms with van der Waals surface area (Å²) in [5, 5.41) is 4.93. The smallest absolute Gasteiger partial charge is 0.0497 e. The Bertz CT molecular complexity index is 585. The van der Waals surface area contributed by atoms with Gasteiger partial charge in [-0.3, -0.25) is 0 Å². The minimum Gasteiger partial charge on any atom is -0.383 e. The molecule has 1 N–H and O–H groups in total. The molecule has 2 aromatic rings. The molecule has 0 atom stereocenters. The van der Waals surface area contributed by atoms with Crippen LogP contribution in [0.5, 0.6) is 0 Å². The second kappa shape index (κ2) is 7.95. The standard InChI is InChI=1S/C16H18Cl2N2S/c1-20(2)10-9-19-15-11-13(18)5-8-16(15)21-14-6-3-12(17)4-7-14/h3-8,11,19H,9-10H2,1-2H3. The third-order valence-corrected chi connectivity index (χ3v) is 4.43. The monoisotopic (exact) mass is 340 g/mol. The molecule has 2 rings (SSSR count). The molecule has 0 saturated carbocycles. The average molecular weight is 341 g/mol. The fraction of sp³-hybridized carbons (Fsp3) is 0.250. The minimum absolute atomic E-state index is 0.739. The first kappa shape index (κ1) is 16.5. The SMILES string of the molecule is CN(C)CCNc1cc(Cl)ccc1Sc1ccc(Cl)cc1. The van der Waals surface area contributed by atoms with Gasteiger partial charge in [0.15, 0.2) is 0 Å². The highest BCUT2D eigenvalue weighted by Crippen LogP contribution is 2.35. The molecule has 0 saturated heterocycles. The molecule has 0 fully saturated rings. The van der Waals surface area contributed by atoms with Crippen molar-refractivity contribution >= 4 is 40.7 Å². The molecule has 112 valence electrons. The van der Waals surface area contributed by atoms with Crippen molar-refractivity contribution in [2.24, 2.45) is 0 Å². The van der Waals surface area contributed by atoms with Crippen LogP contribution in [0.15, 0.2) is 52.3 Å². The quantitative estimate of drug-likeness (QED) is 0.785. The van der Waals surface area contributed by atoms with E-state index in [-0.39, 0.29) is 0 Å². The Hall–Kier alpha value is -0.870. The van der Waals surface area contributed by atoms with E-state index in [4.69, 9.17) is 23.2 Å². The lowest BCUT2D eigenvalue weighted by molar-refractivity contribution is 0.425. The summed E-state index contributed by atoms with van der Waals surface area (Å²) in [6.07, 6.45) is 0. The van der Waals surface area contributed by atoms with Gasteiger partial charge in [0.1, 0.15) is 0 Å². The molecule has 0 unspecified atom stereocenters. The van der Waals surface area contributed by atoms with Crippen LogP contribution in [-0.2, 0) is 0 Å². The van der Waals surface area contributed by atoms with E-state index in [1.54, 1.807) is 11.8 Å². The van der Waals surface area contributed by atoms with Gasteiger partial charge in [-0.1, -0.05) is 35.0 Å². The molecule has 0 radical (unpaired) electrons. The van der Waals surface area contributed by atoms with E-state index >= 15 is 0 Å². The van der Waals surface area contributed by atoms with Gasteiger partial charge in [0.05, 0.1) is 0 Å². The van der Waals surface area contributed by atoms with Crippen molar-refractivity contribution in [1.29, 1.82) is 0 Å². The summed E-state index contributed by atoms with van der Waals surface area (Å²) in [6.45, 7) is 1.85. The van der Waals surface area contributed by atoms with Crippen LogP contribution in [0.4, 0.5) is 5.69 Å². The molecular weight excluding hydrogens is 323 g/mol. The minimum atomic E-state index is 0.739. The summed E-state index contributed by atoms with van der Waals surface area (Å²) >= 11 is 13.7. The zero-order chi connectivity index (χ0) is 15.2. The van der Waals surface area contributed by atoms with Gasteiger partial charge in [-0.05, 0) is 56.6 Å². The first-order chi connectivity index (χ1) is 10.0. The van der Waals surface area contributed by atoms with E-state index in [1.165, 1.54) is 0 Å². The molecule has 0 aliphatic heterocycles. The molecule has 5 heteroatoms.